The molecular weight excluding hydrogens is 328 g/mol. The Hall–Kier alpha value is -3.15. The van der Waals surface area contributed by atoms with Gasteiger partial charge in [-0.3, -0.25) is 10.1 Å². The molecule has 0 aliphatic carbocycles. The maximum atomic E-state index is 11.5. The number of fused-ring (bicyclic) bond motifs is 1. The normalized spacial score (nSPS) is 13.6. The third-order valence-corrected chi connectivity index (χ3v) is 4.84. The third kappa shape index (κ3) is 2.73. The summed E-state index contributed by atoms with van der Waals surface area (Å²) in [4.78, 5) is 11.2. The summed E-state index contributed by atoms with van der Waals surface area (Å²) in [5.41, 5.74) is 4.81. The SMILES string of the molecule is Cc1ccccc1-c1nn(-c2ccccc2[N+](=O)[O-])c2c1CCCCN2. The van der Waals surface area contributed by atoms with Crippen molar-refractivity contribution in [1.82, 2.24) is 9.78 Å². The molecule has 0 unspecified atom stereocenters. The van der Waals surface area contributed by atoms with Gasteiger partial charge in [0.2, 0.25) is 0 Å². The van der Waals surface area contributed by atoms with Crippen LogP contribution >= 0.6 is 0 Å². The minimum absolute atomic E-state index is 0.0557. The van der Waals surface area contributed by atoms with Crippen LogP contribution in [0.5, 0.6) is 0 Å². The standard InChI is InChI=1S/C20H20N4O2/c1-14-8-2-3-9-15(14)19-16-10-6-7-13-21-20(16)23(22-19)17-11-4-5-12-18(17)24(25)26/h2-5,8-9,11-12,21H,6-7,10,13H2,1H3. The molecule has 26 heavy (non-hydrogen) atoms. The lowest BCUT2D eigenvalue weighted by molar-refractivity contribution is -0.384. The lowest BCUT2D eigenvalue weighted by Gasteiger charge is -2.09. The molecule has 0 spiro atoms. The summed E-state index contributed by atoms with van der Waals surface area (Å²) in [6.45, 7) is 2.91. The zero-order valence-corrected chi connectivity index (χ0v) is 14.6. The minimum Gasteiger partial charge on any atom is -0.370 e. The van der Waals surface area contributed by atoms with E-state index in [0.717, 1.165) is 54.0 Å². The van der Waals surface area contributed by atoms with Crippen LogP contribution in [-0.2, 0) is 6.42 Å². The molecule has 3 aromatic rings. The van der Waals surface area contributed by atoms with E-state index in [9.17, 15) is 10.1 Å². The number of benzene rings is 2. The molecule has 6 heteroatoms. The molecule has 1 aromatic heterocycles. The van der Waals surface area contributed by atoms with Crippen LogP contribution in [0.25, 0.3) is 16.9 Å². The highest BCUT2D eigenvalue weighted by Gasteiger charge is 2.25. The Morgan fingerprint density at radius 3 is 2.69 bits per heavy atom. The molecule has 1 N–H and O–H groups in total. The van der Waals surface area contributed by atoms with Crippen molar-refractivity contribution >= 4 is 11.5 Å². The van der Waals surface area contributed by atoms with Gasteiger partial charge in [-0.25, -0.2) is 4.68 Å². The van der Waals surface area contributed by atoms with Gasteiger partial charge in [-0.15, -0.1) is 0 Å². The fourth-order valence-electron chi connectivity index (χ4n) is 3.53. The van der Waals surface area contributed by atoms with Crippen molar-refractivity contribution < 1.29 is 4.92 Å². The molecule has 0 saturated heterocycles. The predicted molar refractivity (Wildman–Crippen MR) is 102 cm³/mol. The summed E-state index contributed by atoms with van der Waals surface area (Å²) in [5.74, 6) is 0.870. The van der Waals surface area contributed by atoms with E-state index < -0.39 is 0 Å². The molecule has 0 radical (unpaired) electrons. The van der Waals surface area contributed by atoms with Gasteiger partial charge in [0, 0.05) is 23.7 Å². The number of aryl methyl sites for hydroxylation is 1. The summed E-state index contributed by atoms with van der Waals surface area (Å²) in [5, 5.41) is 19.8. The van der Waals surface area contributed by atoms with Crippen molar-refractivity contribution in [2.24, 2.45) is 0 Å². The number of rotatable bonds is 3. The second-order valence-electron chi connectivity index (χ2n) is 6.53. The molecule has 1 aliphatic rings. The van der Waals surface area contributed by atoms with Crippen molar-refractivity contribution in [3.8, 4) is 16.9 Å². The fourth-order valence-corrected chi connectivity index (χ4v) is 3.53. The molecule has 0 bridgehead atoms. The lowest BCUT2D eigenvalue weighted by Crippen LogP contribution is -2.08. The van der Waals surface area contributed by atoms with Crippen LogP contribution in [0.3, 0.4) is 0 Å². The molecule has 0 amide bonds. The van der Waals surface area contributed by atoms with Crippen LogP contribution in [0, 0.1) is 17.0 Å². The van der Waals surface area contributed by atoms with Crippen molar-refractivity contribution in [2.75, 3.05) is 11.9 Å². The lowest BCUT2D eigenvalue weighted by atomic mass is 10.00. The maximum Gasteiger partial charge on any atom is 0.294 e. The van der Waals surface area contributed by atoms with Gasteiger partial charge < -0.3 is 5.32 Å². The molecule has 132 valence electrons. The fraction of sp³-hybridized carbons (Fsp3) is 0.250. The topological polar surface area (TPSA) is 73.0 Å². The second kappa shape index (κ2) is 6.63. The molecule has 0 atom stereocenters. The van der Waals surface area contributed by atoms with Crippen molar-refractivity contribution in [3.05, 3.63) is 69.8 Å². The van der Waals surface area contributed by atoms with Gasteiger partial charge in [-0.1, -0.05) is 36.4 Å². The summed E-state index contributed by atoms with van der Waals surface area (Å²) >= 11 is 0. The first-order valence-electron chi connectivity index (χ1n) is 8.82. The average molecular weight is 348 g/mol. The van der Waals surface area contributed by atoms with Gasteiger partial charge in [0.15, 0.2) is 0 Å². The highest BCUT2D eigenvalue weighted by atomic mass is 16.6. The molecule has 1 aliphatic heterocycles. The first-order chi connectivity index (χ1) is 12.7. The van der Waals surface area contributed by atoms with Gasteiger partial charge >= 0.3 is 0 Å². The molecule has 0 fully saturated rings. The Morgan fingerprint density at radius 1 is 1.12 bits per heavy atom. The number of nitrogens with zero attached hydrogens (tertiary/aromatic N) is 3. The average Bonchev–Trinajstić information content (AvgIpc) is 2.83. The van der Waals surface area contributed by atoms with Gasteiger partial charge in [-0.05, 0) is 37.8 Å². The molecule has 2 heterocycles. The quantitative estimate of drug-likeness (QED) is 0.558. The Balaban J connectivity index is 1.98. The zero-order chi connectivity index (χ0) is 18.1. The predicted octanol–water partition coefficient (Wildman–Crippen LogP) is 4.50. The van der Waals surface area contributed by atoms with E-state index in [0.29, 0.717) is 5.69 Å². The summed E-state index contributed by atoms with van der Waals surface area (Å²) < 4.78 is 1.71. The van der Waals surface area contributed by atoms with Crippen LogP contribution < -0.4 is 5.32 Å². The first kappa shape index (κ1) is 16.3. The van der Waals surface area contributed by atoms with E-state index in [1.165, 1.54) is 6.07 Å². The monoisotopic (exact) mass is 348 g/mol. The Labute approximate surface area is 151 Å². The molecule has 2 aromatic carbocycles. The summed E-state index contributed by atoms with van der Waals surface area (Å²) in [6, 6.07) is 14.9. The van der Waals surface area contributed by atoms with Crippen LogP contribution in [0.4, 0.5) is 11.5 Å². The van der Waals surface area contributed by atoms with Gasteiger partial charge in [0.05, 0.1) is 10.6 Å². The van der Waals surface area contributed by atoms with Gasteiger partial charge in [-0.2, -0.15) is 5.10 Å². The second-order valence-corrected chi connectivity index (χ2v) is 6.53. The Bertz CT molecular complexity index is 978. The van der Waals surface area contributed by atoms with Crippen molar-refractivity contribution in [2.45, 2.75) is 26.2 Å². The number of hydrogen-bond acceptors (Lipinski definition) is 4. The molecule has 0 saturated carbocycles. The first-order valence-corrected chi connectivity index (χ1v) is 8.82. The van der Waals surface area contributed by atoms with E-state index >= 15 is 0 Å². The molecule has 6 nitrogen and oxygen atoms in total. The molecular formula is C20H20N4O2. The number of aromatic nitrogens is 2. The number of hydrogen-bond donors (Lipinski definition) is 1. The van der Waals surface area contributed by atoms with Crippen LogP contribution in [0.2, 0.25) is 0 Å². The highest BCUT2D eigenvalue weighted by Crippen LogP contribution is 2.36. The summed E-state index contributed by atoms with van der Waals surface area (Å²) in [7, 11) is 0. The van der Waals surface area contributed by atoms with E-state index in [2.05, 4.69) is 24.4 Å². The number of nitro groups is 1. The van der Waals surface area contributed by atoms with Crippen LogP contribution in [0.15, 0.2) is 48.5 Å². The molecule has 4 rings (SSSR count). The summed E-state index contributed by atoms with van der Waals surface area (Å²) in [6.07, 6.45) is 3.05. The van der Waals surface area contributed by atoms with E-state index in [1.54, 1.807) is 22.9 Å². The smallest absolute Gasteiger partial charge is 0.294 e. The highest BCUT2D eigenvalue weighted by molar-refractivity contribution is 5.74. The van der Waals surface area contributed by atoms with E-state index in [-0.39, 0.29) is 10.6 Å². The minimum atomic E-state index is -0.354. The zero-order valence-electron chi connectivity index (χ0n) is 14.6. The largest absolute Gasteiger partial charge is 0.370 e. The Kier molecular flexibility index (Phi) is 4.16. The van der Waals surface area contributed by atoms with Crippen LogP contribution in [-0.4, -0.2) is 21.2 Å². The number of anilines is 1. The van der Waals surface area contributed by atoms with Gasteiger partial charge in [0.1, 0.15) is 11.5 Å². The van der Waals surface area contributed by atoms with E-state index in [1.807, 2.05) is 12.1 Å². The number of para-hydroxylation sites is 2. The third-order valence-electron chi connectivity index (χ3n) is 4.84. The van der Waals surface area contributed by atoms with Crippen molar-refractivity contribution in [1.29, 1.82) is 0 Å². The maximum absolute atomic E-state index is 11.5. The number of nitrogens with one attached hydrogen (secondary N) is 1. The van der Waals surface area contributed by atoms with E-state index in [4.69, 9.17) is 5.10 Å². The van der Waals surface area contributed by atoms with Crippen LogP contribution in [0.1, 0.15) is 24.0 Å². The number of nitro benzene ring substituents is 1. The van der Waals surface area contributed by atoms with Crippen molar-refractivity contribution in [3.63, 3.8) is 0 Å². The Morgan fingerprint density at radius 2 is 1.88 bits per heavy atom. The van der Waals surface area contributed by atoms with Gasteiger partial charge in [0.25, 0.3) is 5.69 Å².